The van der Waals surface area contributed by atoms with Crippen LogP contribution in [0, 0.1) is 17.2 Å². The normalized spacial score (nSPS) is 25.5. The van der Waals surface area contributed by atoms with E-state index in [1.54, 1.807) is 14.2 Å². The molecule has 0 aromatic heterocycles. The minimum absolute atomic E-state index is 0.458. The van der Waals surface area contributed by atoms with Gasteiger partial charge in [-0.25, -0.2) is 0 Å². The zero-order valence-corrected chi connectivity index (χ0v) is 11.7. The van der Waals surface area contributed by atoms with Gasteiger partial charge in [0.1, 0.15) is 0 Å². The third kappa shape index (κ3) is 2.01. The van der Waals surface area contributed by atoms with Gasteiger partial charge in [-0.15, -0.1) is 0 Å². The monoisotopic (exact) mass is 259 g/mol. The summed E-state index contributed by atoms with van der Waals surface area (Å²) in [6.45, 7) is 0. The lowest BCUT2D eigenvalue weighted by molar-refractivity contribution is 0.310. The molecule has 1 fully saturated rings. The van der Waals surface area contributed by atoms with Crippen LogP contribution >= 0.6 is 0 Å². The van der Waals surface area contributed by atoms with Crippen LogP contribution in [0.4, 0.5) is 0 Å². The summed E-state index contributed by atoms with van der Waals surface area (Å²) in [5, 5.41) is 8.18. The molecule has 102 valence electrons. The lowest BCUT2D eigenvalue weighted by atomic mass is 9.68. The second kappa shape index (κ2) is 4.87. The number of rotatable bonds is 2. The van der Waals surface area contributed by atoms with Crippen LogP contribution in [0.3, 0.4) is 0 Å². The first kappa shape index (κ1) is 12.5. The zero-order valence-electron chi connectivity index (χ0n) is 11.7. The molecule has 0 radical (unpaired) electrons. The predicted octanol–water partition coefficient (Wildman–Crippen LogP) is 3.24. The summed E-state index contributed by atoms with van der Waals surface area (Å²) < 4.78 is 11.0. The number of nitrogens with one attached hydrogen (secondary N) is 1. The predicted molar refractivity (Wildman–Crippen MR) is 75.5 cm³/mol. The van der Waals surface area contributed by atoms with Crippen LogP contribution in [-0.4, -0.2) is 19.9 Å². The van der Waals surface area contributed by atoms with E-state index in [4.69, 9.17) is 14.9 Å². The average molecular weight is 259 g/mol. The Morgan fingerprint density at radius 2 is 2.00 bits per heavy atom. The van der Waals surface area contributed by atoms with E-state index in [-0.39, 0.29) is 0 Å². The second-order valence-electron chi connectivity index (χ2n) is 5.63. The maximum absolute atomic E-state index is 8.18. The van der Waals surface area contributed by atoms with Crippen molar-refractivity contribution in [2.75, 3.05) is 14.2 Å². The van der Waals surface area contributed by atoms with Gasteiger partial charge in [-0.05, 0) is 49.7 Å². The van der Waals surface area contributed by atoms with Crippen LogP contribution < -0.4 is 9.47 Å². The number of hydrogen-bond donors (Lipinski definition) is 1. The van der Waals surface area contributed by atoms with Gasteiger partial charge in [0.25, 0.3) is 0 Å². The lowest BCUT2D eigenvalue weighted by Crippen LogP contribution is -2.34. The molecule has 0 amide bonds. The second-order valence-corrected chi connectivity index (χ2v) is 5.63. The first-order valence-electron chi connectivity index (χ1n) is 7.04. The highest BCUT2D eigenvalue weighted by Gasteiger charge is 2.35. The van der Waals surface area contributed by atoms with Crippen molar-refractivity contribution < 1.29 is 9.47 Å². The smallest absolute Gasteiger partial charge is 0.164 e. The van der Waals surface area contributed by atoms with E-state index in [0.29, 0.717) is 11.8 Å². The van der Waals surface area contributed by atoms with Crippen LogP contribution in [-0.2, 0) is 12.8 Å². The van der Waals surface area contributed by atoms with Crippen LogP contribution in [0.2, 0.25) is 0 Å². The topological polar surface area (TPSA) is 42.3 Å². The summed E-state index contributed by atoms with van der Waals surface area (Å²) in [5.41, 5.74) is 3.60. The number of methoxy groups -OCH3 is 2. The first-order valence-corrected chi connectivity index (χ1v) is 7.04. The molecule has 1 aromatic rings. The van der Waals surface area contributed by atoms with Gasteiger partial charge in [0.2, 0.25) is 0 Å². The molecular formula is C16H21NO2. The lowest BCUT2D eigenvalue weighted by Gasteiger charge is -2.37. The highest BCUT2D eigenvalue weighted by atomic mass is 16.5. The maximum Gasteiger partial charge on any atom is 0.164 e. The molecule has 1 aromatic carbocycles. The number of ether oxygens (including phenoxy) is 2. The van der Waals surface area contributed by atoms with Gasteiger partial charge < -0.3 is 14.9 Å². The molecule has 0 spiro atoms. The molecule has 3 nitrogen and oxygen atoms in total. The van der Waals surface area contributed by atoms with Crippen molar-refractivity contribution in [3.8, 4) is 11.5 Å². The number of hydrogen-bond acceptors (Lipinski definition) is 3. The Hall–Kier alpha value is -1.51. The van der Waals surface area contributed by atoms with E-state index in [1.165, 1.54) is 24.0 Å². The van der Waals surface area contributed by atoms with Gasteiger partial charge in [-0.2, -0.15) is 0 Å². The Bertz CT molecular complexity index is 510. The molecule has 0 heterocycles. The van der Waals surface area contributed by atoms with Gasteiger partial charge in [-0.1, -0.05) is 6.07 Å². The highest BCUT2D eigenvalue weighted by Crippen LogP contribution is 2.44. The molecule has 0 aliphatic heterocycles. The molecule has 1 N–H and O–H groups in total. The SMILES string of the molecule is COc1ccc2c(c1OC)CC1CCCC(=N)C1C2. The molecule has 1 saturated carbocycles. The third-order valence-corrected chi connectivity index (χ3v) is 4.69. The summed E-state index contributed by atoms with van der Waals surface area (Å²) >= 11 is 0. The molecule has 2 aliphatic rings. The Kier molecular flexibility index (Phi) is 3.21. The quantitative estimate of drug-likeness (QED) is 0.886. The van der Waals surface area contributed by atoms with Crippen molar-refractivity contribution in [2.24, 2.45) is 11.8 Å². The van der Waals surface area contributed by atoms with Crippen molar-refractivity contribution >= 4 is 5.71 Å². The van der Waals surface area contributed by atoms with E-state index >= 15 is 0 Å². The van der Waals surface area contributed by atoms with Crippen molar-refractivity contribution in [3.63, 3.8) is 0 Å². The minimum Gasteiger partial charge on any atom is -0.493 e. The van der Waals surface area contributed by atoms with Gasteiger partial charge in [0, 0.05) is 17.2 Å². The van der Waals surface area contributed by atoms with Crippen molar-refractivity contribution in [2.45, 2.75) is 32.1 Å². The summed E-state index contributed by atoms with van der Waals surface area (Å²) in [7, 11) is 3.40. The summed E-state index contributed by atoms with van der Waals surface area (Å²) in [6, 6.07) is 4.14. The zero-order chi connectivity index (χ0) is 13.4. The Labute approximate surface area is 114 Å². The molecule has 0 saturated heterocycles. The molecular weight excluding hydrogens is 238 g/mol. The van der Waals surface area contributed by atoms with Crippen LogP contribution in [0.15, 0.2) is 12.1 Å². The van der Waals surface area contributed by atoms with E-state index in [1.807, 2.05) is 6.07 Å². The molecule has 2 aliphatic carbocycles. The van der Waals surface area contributed by atoms with Crippen molar-refractivity contribution in [1.82, 2.24) is 0 Å². The van der Waals surface area contributed by atoms with Gasteiger partial charge in [0.05, 0.1) is 14.2 Å². The van der Waals surface area contributed by atoms with Crippen LogP contribution in [0.1, 0.15) is 30.4 Å². The summed E-state index contributed by atoms with van der Waals surface area (Å²) in [5.74, 6) is 2.80. The Morgan fingerprint density at radius 1 is 1.16 bits per heavy atom. The summed E-state index contributed by atoms with van der Waals surface area (Å²) in [4.78, 5) is 0. The fraction of sp³-hybridized carbons (Fsp3) is 0.562. The molecule has 19 heavy (non-hydrogen) atoms. The molecule has 2 atom stereocenters. The van der Waals surface area contributed by atoms with E-state index in [9.17, 15) is 0 Å². The summed E-state index contributed by atoms with van der Waals surface area (Å²) in [6.07, 6.45) is 5.43. The molecule has 0 bridgehead atoms. The molecule has 3 heteroatoms. The van der Waals surface area contributed by atoms with Gasteiger partial charge >= 0.3 is 0 Å². The fourth-order valence-electron chi connectivity index (χ4n) is 3.71. The van der Waals surface area contributed by atoms with E-state index < -0.39 is 0 Å². The third-order valence-electron chi connectivity index (χ3n) is 4.69. The van der Waals surface area contributed by atoms with E-state index in [2.05, 4.69) is 6.07 Å². The average Bonchev–Trinajstić information content (AvgIpc) is 2.44. The van der Waals surface area contributed by atoms with Crippen molar-refractivity contribution in [1.29, 1.82) is 5.41 Å². The van der Waals surface area contributed by atoms with E-state index in [0.717, 1.165) is 36.5 Å². The first-order chi connectivity index (χ1) is 9.24. The standard InChI is InChI=1S/C16H21NO2/c1-18-15-7-6-11-8-12-10(4-3-5-14(12)17)9-13(11)16(15)19-2/h6-7,10,12,17H,3-5,8-9H2,1-2H3. The largest absolute Gasteiger partial charge is 0.493 e. The molecule has 2 unspecified atom stereocenters. The minimum atomic E-state index is 0.458. The highest BCUT2D eigenvalue weighted by molar-refractivity contribution is 5.85. The van der Waals surface area contributed by atoms with Crippen LogP contribution in [0.5, 0.6) is 11.5 Å². The van der Waals surface area contributed by atoms with Gasteiger partial charge in [0.15, 0.2) is 11.5 Å². The number of benzene rings is 1. The molecule has 3 rings (SSSR count). The fourth-order valence-corrected chi connectivity index (χ4v) is 3.71. The van der Waals surface area contributed by atoms with Gasteiger partial charge in [-0.3, -0.25) is 0 Å². The van der Waals surface area contributed by atoms with Crippen LogP contribution in [0.25, 0.3) is 0 Å². The maximum atomic E-state index is 8.18. The Morgan fingerprint density at radius 3 is 2.74 bits per heavy atom. The number of fused-ring (bicyclic) bond motifs is 2. The van der Waals surface area contributed by atoms with Crippen molar-refractivity contribution in [3.05, 3.63) is 23.3 Å². The Balaban J connectivity index is 2.01.